The van der Waals surface area contributed by atoms with E-state index in [-0.39, 0.29) is 23.1 Å². The fraction of sp³-hybridized carbons (Fsp3) is 0.700. The first-order valence-corrected chi connectivity index (χ1v) is 6.65. The quantitative estimate of drug-likeness (QED) is 0.792. The molecule has 20 heavy (non-hydrogen) atoms. The number of hydrogen-bond acceptors (Lipinski definition) is 4. The molecule has 1 aliphatic heterocycles. The number of carboxylic acids is 1. The maximum atomic E-state index is 12.3. The zero-order valence-electron chi connectivity index (χ0n) is 10.4. The predicted octanol–water partition coefficient (Wildman–Crippen LogP) is 1.02. The number of nitrogens with zero attached hydrogens (tertiary/aromatic N) is 2. The first kappa shape index (κ1) is 16.6. The van der Waals surface area contributed by atoms with Crippen LogP contribution in [0.4, 0.5) is 18.0 Å². The minimum atomic E-state index is -4.66. The second-order valence-electron chi connectivity index (χ2n) is 4.11. The minimum absolute atomic E-state index is 0.00135. The highest BCUT2D eigenvalue weighted by atomic mass is 32.2. The molecule has 1 heterocycles. The topological polar surface area (TPSA) is 77.9 Å². The van der Waals surface area contributed by atoms with Crippen molar-refractivity contribution in [2.75, 3.05) is 31.9 Å². The summed E-state index contributed by atoms with van der Waals surface area (Å²) in [6.07, 6.45) is -4.99. The zero-order valence-corrected chi connectivity index (χ0v) is 11.2. The lowest BCUT2D eigenvalue weighted by atomic mass is 10.3. The van der Waals surface area contributed by atoms with E-state index in [1.165, 1.54) is 4.90 Å². The van der Waals surface area contributed by atoms with Crippen molar-refractivity contribution in [3.8, 4) is 0 Å². The number of halogens is 3. The summed E-state index contributed by atoms with van der Waals surface area (Å²) in [5, 5.41) is 8.30. The molecule has 6 nitrogen and oxygen atoms in total. The smallest absolute Gasteiger partial charge is 0.406 e. The van der Waals surface area contributed by atoms with E-state index in [1.54, 1.807) is 0 Å². The van der Waals surface area contributed by atoms with Gasteiger partial charge in [-0.2, -0.15) is 13.2 Å². The van der Waals surface area contributed by atoms with Crippen molar-refractivity contribution in [1.29, 1.82) is 0 Å². The van der Waals surface area contributed by atoms with Gasteiger partial charge in [0, 0.05) is 25.3 Å². The first-order valence-electron chi connectivity index (χ1n) is 5.67. The van der Waals surface area contributed by atoms with Crippen LogP contribution in [0.5, 0.6) is 0 Å². The summed E-state index contributed by atoms with van der Waals surface area (Å²) in [5.41, 5.74) is 0. The second-order valence-corrected chi connectivity index (χ2v) is 5.16. The van der Waals surface area contributed by atoms with Gasteiger partial charge in [-0.05, 0) is 0 Å². The molecule has 2 amide bonds. The van der Waals surface area contributed by atoms with Crippen LogP contribution in [-0.4, -0.2) is 70.1 Å². The third-order valence-electron chi connectivity index (χ3n) is 2.49. The number of rotatable bonds is 6. The SMILES string of the molecule is O=C(O)CN(CC(F)(F)F)C(=O)CCN1CCSC1=O. The van der Waals surface area contributed by atoms with Crippen LogP contribution in [0.25, 0.3) is 0 Å². The fourth-order valence-electron chi connectivity index (χ4n) is 1.63. The Balaban J connectivity index is 2.53. The van der Waals surface area contributed by atoms with E-state index in [0.717, 1.165) is 11.8 Å². The maximum Gasteiger partial charge on any atom is 0.406 e. The number of carboxylic acid groups (broad SMARTS) is 1. The summed E-state index contributed by atoms with van der Waals surface area (Å²) in [5.74, 6) is -1.88. The number of thioether (sulfide) groups is 1. The van der Waals surface area contributed by atoms with Crippen LogP contribution in [-0.2, 0) is 9.59 Å². The van der Waals surface area contributed by atoms with Crippen LogP contribution < -0.4 is 0 Å². The zero-order chi connectivity index (χ0) is 15.3. The van der Waals surface area contributed by atoms with E-state index in [0.29, 0.717) is 12.3 Å². The summed E-state index contributed by atoms with van der Waals surface area (Å²) >= 11 is 1.07. The Labute approximate surface area is 116 Å². The number of hydrogen-bond donors (Lipinski definition) is 1. The van der Waals surface area contributed by atoms with E-state index in [2.05, 4.69) is 0 Å². The Kier molecular flexibility index (Phi) is 5.66. The lowest BCUT2D eigenvalue weighted by molar-refractivity contribution is -0.165. The van der Waals surface area contributed by atoms with Crippen molar-refractivity contribution >= 4 is 28.9 Å². The molecule has 0 aromatic heterocycles. The monoisotopic (exact) mass is 314 g/mol. The van der Waals surface area contributed by atoms with Crippen LogP contribution in [0.3, 0.4) is 0 Å². The molecule has 1 fully saturated rings. The van der Waals surface area contributed by atoms with Gasteiger partial charge in [0.05, 0.1) is 0 Å². The summed E-state index contributed by atoms with van der Waals surface area (Å²) in [6.45, 7) is -2.19. The highest BCUT2D eigenvalue weighted by Crippen LogP contribution is 2.19. The molecule has 0 spiro atoms. The van der Waals surface area contributed by atoms with Crippen LogP contribution in [0.15, 0.2) is 0 Å². The normalized spacial score (nSPS) is 15.6. The largest absolute Gasteiger partial charge is 0.480 e. The summed E-state index contributed by atoms with van der Waals surface area (Å²) in [6, 6.07) is 0. The van der Waals surface area contributed by atoms with E-state index >= 15 is 0 Å². The molecule has 1 N–H and O–H groups in total. The predicted molar refractivity (Wildman–Crippen MR) is 64.3 cm³/mol. The number of carbonyl (C=O) groups is 3. The molecule has 10 heteroatoms. The molecular weight excluding hydrogens is 301 g/mol. The van der Waals surface area contributed by atoms with Crippen LogP contribution in [0, 0.1) is 0 Å². The molecule has 0 unspecified atom stereocenters. The molecule has 114 valence electrons. The van der Waals surface area contributed by atoms with Gasteiger partial charge in [0.15, 0.2) is 0 Å². The van der Waals surface area contributed by atoms with Gasteiger partial charge in [0.25, 0.3) is 5.24 Å². The molecular formula is C10H13F3N2O4S. The molecule has 1 aliphatic rings. The Morgan fingerprint density at radius 1 is 1.40 bits per heavy atom. The van der Waals surface area contributed by atoms with Crippen molar-refractivity contribution < 1.29 is 32.7 Å². The van der Waals surface area contributed by atoms with Crippen molar-refractivity contribution in [2.45, 2.75) is 12.6 Å². The summed E-state index contributed by atoms with van der Waals surface area (Å²) in [7, 11) is 0. The van der Waals surface area contributed by atoms with Crippen molar-refractivity contribution in [3.05, 3.63) is 0 Å². The van der Waals surface area contributed by atoms with E-state index in [9.17, 15) is 27.6 Å². The third kappa shape index (κ3) is 5.68. The highest BCUT2D eigenvalue weighted by Gasteiger charge is 2.34. The molecule has 0 aromatic rings. The van der Waals surface area contributed by atoms with Gasteiger partial charge in [0.2, 0.25) is 5.91 Å². The second kappa shape index (κ2) is 6.82. The minimum Gasteiger partial charge on any atom is -0.480 e. The summed E-state index contributed by atoms with van der Waals surface area (Å²) in [4.78, 5) is 35.0. The molecule has 0 saturated carbocycles. The van der Waals surface area contributed by atoms with Gasteiger partial charge in [-0.1, -0.05) is 11.8 Å². The maximum absolute atomic E-state index is 12.3. The molecule has 0 bridgehead atoms. The number of carbonyl (C=O) groups excluding carboxylic acids is 2. The summed E-state index contributed by atoms with van der Waals surface area (Å²) < 4.78 is 36.8. The fourth-order valence-corrected chi connectivity index (χ4v) is 2.48. The molecule has 0 radical (unpaired) electrons. The van der Waals surface area contributed by atoms with Crippen LogP contribution in [0.2, 0.25) is 0 Å². The molecule has 1 rings (SSSR count). The number of amides is 2. The first-order chi connectivity index (χ1) is 9.19. The number of aliphatic carboxylic acids is 1. The van der Waals surface area contributed by atoms with Crippen molar-refractivity contribution in [1.82, 2.24) is 9.80 Å². The average molecular weight is 314 g/mol. The third-order valence-corrected chi connectivity index (χ3v) is 3.38. The average Bonchev–Trinajstić information content (AvgIpc) is 2.68. The molecule has 0 aromatic carbocycles. The van der Waals surface area contributed by atoms with Crippen molar-refractivity contribution in [2.24, 2.45) is 0 Å². The number of alkyl halides is 3. The van der Waals surface area contributed by atoms with Gasteiger partial charge in [-0.3, -0.25) is 14.4 Å². The molecule has 1 saturated heterocycles. The van der Waals surface area contributed by atoms with E-state index in [1.807, 2.05) is 0 Å². The van der Waals surface area contributed by atoms with Crippen molar-refractivity contribution in [3.63, 3.8) is 0 Å². The van der Waals surface area contributed by atoms with Crippen LogP contribution >= 0.6 is 11.8 Å². The van der Waals surface area contributed by atoms with Gasteiger partial charge in [-0.15, -0.1) is 0 Å². The Bertz CT molecular complexity index is 402. The molecule has 0 atom stereocenters. The Morgan fingerprint density at radius 3 is 2.50 bits per heavy atom. The van der Waals surface area contributed by atoms with Gasteiger partial charge in [0.1, 0.15) is 13.1 Å². The highest BCUT2D eigenvalue weighted by molar-refractivity contribution is 8.13. The van der Waals surface area contributed by atoms with Gasteiger partial charge < -0.3 is 14.9 Å². The van der Waals surface area contributed by atoms with E-state index < -0.39 is 31.1 Å². The van der Waals surface area contributed by atoms with Gasteiger partial charge >= 0.3 is 12.1 Å². The standard InChI is InChI=1S/C10H13F3N2O4S/c11-10(12,13)6-15(5-8(17)18)7(16)1-2-14-3-4-20-9(14)19/h1-6H2,(H,17,18). The lowest BCUT2D eigenvalue weighted by Crippen LogP contribution is -2.43. The lowest BCUT2D eigenvalue weighted by Gasteiger charge is -2.23. The Morgan fingerprint density at radius 2 is 2.05 bits per heavy atom. The Hall–Kier alpha value is -1.45. The van der Waals surface area contributed by atoms with Crippen LogP contribution in [0.1, 0.15) is 6.42 Å². The molecule has 0 aliphatic carbocycles. The van der Waals surface area contributed by atoms with Gasteiger partial charge in [-0.25, -0.2) is 0 Å². The van der Waals surface area contributed by atoms with E-state index in [4.69, 9.17) is 5.11 Å².